The normalized spacial score (nSPS) is 19.1. The van der Waals surface area contributed by atoms with Gasteiger partial charge >= 0.3 is 6.09 Å². The van der Waals surface area contributed by atoms with Gasteiger partial charge in [0.15, 0.2) is 0 Å². The van der Waals surface area contributed by atoms with Gasteiger partial charge in [-0.2, -0.15) is 5.10 Å². The molecule has 2 aliphatic rings. The Morgan fingerprint density at radius 3 is 3.06 bits per heavy atom. The van der Waals surface area contributed by atoms with Crippen LogP contribution in [0.15, 0.2) is 0 Å². The minimum Gasteiger partial charge on any atom is -0.465 e. The Morgan fingerprint density at radius 2 is 2.28 bits per heavy atom. The van der Waals surface area contributed by atoms with Gasteiger partial charge in [-0.25, -0.2) is 4.79 Å². The van der Waals surface area contributed by atoms with E-state index < -0.39 is 6.09 Å². The summed E-state index contributed by atoms with van der Waals surface area (Å²) in [6.07, 6.45) is 0.692. The molecule has 0 radical (unpaired) electrons. The van der Waals surface area contributed by atoms with E-state index in [9.17, 15) is 4.79 Å². The molecular formula is C11H14N4O2S. The van der Waals surface area contributed by atoms with Crippen LogP contribution in [0, 0.1) is 0 Å². The van der Waals surface area contributed by atoms with Crippen LogP contribution in [-0.4, -0.2) is 44.0 Å². The van der Waals surface area contributed by atoms with Gasteiger partial charge in [0, 0.05) is 26.1 Å². The summed E-state index contributed by atoms with van der Waals surface area (Å²) in [5, 5.41) is 17.0. The third kappa shape index (κ3) is 1.70. The number of aryl methyl sites for hydroxylation is 1. The van der Waals surface area contributed by atoms with Gasteiger partial charge in [0.2, 0.25) is 0 Å². The number of carbonyl (C=O) groups is 1. The average Bonchev–Trinajstić information content (AvgIpc) is 2.52. The summed E-state index contributed by atoms with van der Waals surface area (Å²) in [6.45, 7) is 2.93. The number of fused-ring (bicyclic) bond motifs is 3. The molecule has 6 nitrogen and oxygen atoms in total. The molecule has 0 unspecified atom stereocenters. The molecule has 0 bridgehead atoms. The van der Waals surface area contributed by atoms with Crippen LogP contribution >= 0.6 is 12.2 Å². The summed E-state index contributed by atoms with van der Waals surface area (Å²) in [5.74, 6) is 0. The van der Waals surface area contributed by atoms with Crippen LogP contribution in [0.2, 0.25) is 0 Å². The maximum atomic E-state index is 11.1. The highest BCUT2D eigenvalue weighted by Gasteiger charge is 2.31. The molecule has 0 saturated carbocycles. The first-order valence-corrected chi connectivity index (χ1v) is 6.43. The predicted molar refractivity (Wildman–Crippen MR) is 68.7 cm³/mol. The standard InChI is InChI=1S/C11H14N4O2S/c16-11(17)14-5-2-7-9(10(14)18)8-6-12-3-1-4-15(8)13-7/h12H,1-6H2,(H,16,17). The number of hydrogen-bond donors (Lipinski definition) is 2. The van der Waals surface area contributed by atoms with Crippen LogP contribution in [0.1, 0.15) is 23.4 Å². The monoisotopic (exact) mass is 266 g/mol. The third-order valence-corrected chi connectivity index (χ3v) is 3.83. The van der Waals surface area contributed by atoms with Crippen molar-refractivity contribution < 1.29 is 9.90 Å². The predicted octanol–water partition coefficient (Wildman–Crippen LogP) is 0.588. The molecule has 0 spiro atoms. The summed E-state index contributed by atoms with van der Waals surface area (Å²) >= 11 is 5.31. The molecule has 96 valence electrons. The lowest BCUT2D eigenvalue weighted by atomic mass is 10.1. The molecule has 0 aromatic carbocycles. The first-order chi connectivity index (χ1) is 8.68. The van der Waals surface area contributed by atoms with E-state index in [2.05, 4.69) is 10.4 Å². The number of thiocarbonyl (C=S) groups is 1. The Labute approximate surface area is 110 Å². The maximum Gasteiger partial charge on any atom is 0.412 e. The summed E-state index contributed by atoms with van der Waals surface area (Å²) in [4.78, 5) is 12.8. The molecule has 3 heterocycles. The highest BCUT2D eigenvalue weighted by atomic mass is 32.1. The lowest BCUT2D eigenvalue weighted by Gasteiger charge is -2.24. The van der Waals surface area contributed by atoms with Gasteiger partial charge in [0.1, 0.15) is 4.99 Å². The molecule has 1 aromatic rings. The summed E-state index contributed by atoms with van der Waals surface area (Å²) in [6, 6.07) is 0. The quantitative estimate of drug-likeness (QED) is 0.673. The number of hydrogen-bond acceptors (Lipinski definition) is 4. The highest BCUT2D eigenvalue weighted by molar-refractivity contribution is 7.80. The van der Waals surface area contributed by atoms with Gasteiger partial charge < -0.3 is 10.4 Å². The fourth-order valence-electron chi connectivity index (χ4n) is 2.54. The van der Waals surface area contributed by atoms with Crippen molar-refractivity contribution in [1.29, 1.82) is 0 Å². The molecule has 1 amide bonds. The van der Waals surface area contributed by atoms with Crippen LogP contribution < -0.4 is 5.32 Å². The molecule has 2 aliphatic heterocycles. The van der Waals surface area contributed by atoms with Crippen LogP contribution in [0.4, 0.5) is 4.79 Å². The Bertz CT molecular complexity index is 525. The highest BCUT2D eigenvalue weighted by Crippen LogP contribution is 2.24. The fourth-order valence-corrected chi connectivity index (χ4v) is 2.94. The number of rotatable bonds is 0. The van der Waals surface area contributed by atoms with Crippen molar-refractivity contribution in [3.8, 4) is 0 Å². The molecule has 0 saturated heterocycles. The SMILES string of the molecule is O=C(O)N1CCc2nn3c(c2C1=S)CNCCC3. The van der Waals surface area contributed by atoms with E-state index in [1.165, 1.54) is 4.90 Å². The molecule has 0 fully saturated rings. The van der Waals surface area contributed by atoms with E-state index in [1.54, 1.807) is 0 Å². The average molecular weight is 266 g/mol. The Kier molecular flexibility index (Phi) is 2.79. The Balaban J connectivity index is 2.05. The number of carboxylic acid groups (broad SMARTS) is 1. The zero-order chi connectivity index (χ0) is 12.7. The van der Waals surface area contributed by atoms with E-state index in [4.69, 9.17) is 17.3 Å². The second-order valence-corrected chi connectivity index (χ2v) is 4.90. The molecule has 0 atom stereocenters. The van der Waals surface area contributed by atoms with E-state index in [0.717, 1.165) is 36.5 Å². The van der Waals surface area contributed by atoms with Crippen LogP contribution in [0.3, 0.4) is 0 Å². The zero-order valence-electron chi connectivity index (χ0n) is 9.85. The number of aromatic nitrogens is 2. The molecule has 0 aliphatic carbocycles. The van der Waals surface area contributed by atoms with E-state index in [1.807, 2.05) is 4.68 Å². The zero-order valence-corrected chi connectivity index (χ0v) is 10.7. The maximum absolute atomic E-state index is 11.1. The third-order valence-electron chi connectivity index (χ3n) is 3.41. The molecule has 3 rings (SSSR count). The van der Waals surface area contributed by atoms with Crippen molar-refractivity contribution >= 4 is 23.3 Å². The first kappa shape index (κ1) is 11.6. The Hall–Kier alpha value is -1.47. The summed E-state index contributed by atoms with van der Waals surface area (Å²) in [5.41, 5.74) is 2.82. The van der Waals surface area contributed by atoms with Gasteiger partial charge in [-0.15, -0.1) is 0 Å². The largest absolute Gasteiger partial charge is 0.465 e. The molecule has 1 aromatic heterocycles. The van der Waals surface area contributed by atoms with Gasteiger partial charge in [-0.05, 0) is 13.0 Å². The second-order valence-electron chi connectivity index (χ2n) is 4.51. The van der Waals surface area contributed by atoms with Crippen LogP contribution in [-0.2, 0) is 19.5 Å². The van der Waals surface area contributed by atoms with Crippen LogP contribution in [0.5, 0.6) is 0 Å². The van der Waals surface area contributed by atoms with E-state index in [0.29, 0.717) is 24.5 Å². The smallest absolute Gasteiger partial charge is 0.412 e. The van der Waals surface area contributed by atoms with Gasteiger partial charge in [0.25, 0.3) is 0 Å². The topological polar surface area (TPSA) is 70.4 Å². The molecule has 2 N–H and O–H groups in total. The van der Waals surface area contributed by atoms with Gasteiger partial charge in [0.05, 0.1) is 17.0 Å². The summed E-state index contributed by atoms with van der Waals surface area (Å²) < 4.78 is 1.97. The van der Waals surface area contributed by atoms with Crippen LogP contribution in [0.25, 0.3) is 0 Å². The number of nitrogens with zero attached hydrogens (tertiary/aromatic N) is 3. The fraction of sp³-hybridized carbons (Fsp3) is 0.545. The summed E-state index contributed by atoms with van der Waals surface area (Å²) in [7, 11) is 0. The van der Waals surface area contributed by atoms with Crippen molar-refractivity contribution in [1.82, 2.24) is 20.0 Å². The second kappa shape index (κ2) is 4.33. The van der Waals surface area contributed by atoms with Gasteiger partial charge in [-0.3, -0.25) is 9.58 Å². The molecular weight excluding hydrogens is 252 g/mol. The lowest BCUT2D eigenvalue weighted by molar-refractivity contribution is 0.169. The van der Waals surface area contributed by atoms with E-state index >= 15 is 0 Å². The van der Waals surface area contributed by atoms with Crippen molar-refractivity contribution in [2.24, 2.45) is 0 Å². The molecule has 7 heteroatoms. The number of nitrogens with one attached hydrogen (secondary N) is 1. The number of amides is 1. The van der Waals surface area contributed by atoms with Crippen molar-refractivity contribution in [3.05, 3.63) is 17.0 Å². The minimum atomic E-state index is -0.979. The van der Waals surface area contributed by atoms with Crippen molar-refractivity contribution in [3.63, 3.8) is 0 Å². The van der Waals surface area contributed by atoms with E-state index in [-0.39, 0.29) is 0 Å². The molecule has 18 heavy (non-hydrogen) atoms. The van der Waals surface area contributed by atoms with Crippen molar-refractivity contribution in [2.45, 2.75) is 25.9 Å². The first-order valence-electron chi connectivity index (χ1n) is 6.02. The minimum absolute atomic E-state index is 0.397. The Morgan fingerprint density at radius 1 is 1.44 bits per heavy atom. The lowest BCUT2D eigenvalue weighted by Crippen LogP contribution is -2.40. The van der Waals surface area contributed by atoms with Gasteiger partial charge in [-0.1, -0.05) is 12.2 Å². The van der Waals surface area contributed by atoms with Crippen molar-refractivity contribution in [2.75, 3.05) is 13.1 Å².